The molecule has 32 heavy (non-hydrogen) atoms. The summed E-state index contributed by atoms with van der Waals surface area (Å²) in [6.45, 7) is 0.401. The molecule has 3 aromatic rings. The molecular formula is C20H21ClN6O4S. The van der Waals surface area contributed by atoms with E-state index in [-0.39, 0.29) is 40.9 Å². The summed E-state index contributed by atoms with van der Waals surface area (Å²) in [4.78, 5) is 20.8. The van der Waals surface area contributed by atoms with Crippen LogP contribution in [-0.4, -0.2) is 59.0 Å². The van der Waals surface area contributed by atoms with E-state index in [1.807, 2.05) is 18.2 Å². The summed E-state index contributed by atoms with van der Waals surface area (Å²) in [5, 5.41) is 9.48. The lowest BCUT2D eigenvalue weighted by Crippen LogP contribution is -2.41. The maximum absolute atomic E-state index is 12.8. The fraction of sp³-hybridized carbons (Fsp3) is 0.300. The number of nitrogens with one attached hydrogen (secondary N) is 2. The van der Waals surface area contributed by atoms with Crippen LogP contribution >= 0.6 is 11.6 Å². The van der Waals surface area contributed by atoms with Crippen molar-refractivity contribution in [2.45, 2.75) is 17.7 Å². The van der Waals surface area contributed by atoms with E-state index in [1.165, 1.54) is 22.6 Å². The van der Waals surface area contributed by atoms with Crippen molar-refractivity contribution in [2.75, 3.05) is 25.5 Å². The molecule has 0 radical (unpaired) electrons. The maximum Gasteiger partial charge on any atom is 0.249 e. The zero-order chi connectivity index (χ0) is 22.7. The van der Waals surface area contributed by atoms with Gasteiger partial charge in [-0.15, -0.1) is 5.10 Å². The predicted octanol–water partition coefficient (Wildman–Crippen LogP) is 2.57. The Kier molecular flexibility index (Phi) is 6.40. The average Bonchev–Trinajstić information content (AvgIpc) is 3.27. The number of halogens is 1. The highest BCUT2D eigenvalue weighted by atomic mass is 35.5. The Labute approximate surface area is 190 Å². The Morgan fingerprint density at radius 1 is 1.22 bits per heavy atom. The van der Waals surface area contributed by atoms with Gasteiger partial charge in [0.2, 0.25) is 21.9 Å². The number of amides is 1. The number of hydrogen-bond acceptors (Lipinski definition) is 7. The molecule has 12 heteroatoms. The van der Waals surface area contributed by atoms with Gasteiger partial charge < -0.3 is 4.74 Å². The van der Waals surface area contributed by atoms with Crippen LogP contribution in [-0.2, 0) is 14.8 Å². The first-order valence-corrected chi connectivity index (χ1v) is 11.7. The second kappa shape index (κ2) is 9.23. The summed E-state index contributed by atoms with van der Waals surface area (Å²) in [7, 11) is -2.21. The summed E-state index contributed by atoms with van der Waals surface area (Å²) < 4.78 is 32.3. The van der Waals surface area contributed by atoms with E-state index in [4.69, 9.17) is 16.3 Å². The van der Waals surface area contributed by atoms with E-state index in [0.717, 1.165) is 5.56 Å². The Morgan fingerprint density at radius 2 is 1.97 bits per heavy atom. The molecule has 4 rings (SSSR count). The number of H-pyrrole nitrogens is 1. The molecule has 1 aromatic carbocycles. The summed E-state index contributed by atoms with van der Waals surface area (Å²) >= 11 is 5.96. The number of carbonyl (C=O) groups excluding carboxylic acids is 1. The molecule has 2 N–H and O–H groups in total. The van der Waals surface area contributed by atoms with Crippen LogP contribution in [0, 0.1) is 5.92 Å². The van der Waals surface area contributed by atoms with Gasteiger partial charge in [-0.1, -0.05) is 23.7 Å². The number of para-hydroxylation sites is 1. The zero-order valence-electron chi connectivity index (χ0n) is 17.2. The third-order valence-electron chi connectivity index (χ3n) is 5.25. The van der Waals surface area contributed by atoms with E-state index >= 15 is 0 Å². The van der Waals surface area contributed by atoms with E-state index in [9.17, 15) is 13.2 Å². The predicted molar refractivity (Wildman–Crippen MR) is 118 cm³/mol. The summed E-state index contributed by atoms with van der Waals surface area (Å²) in [6.07, 6.45) is 2.17. The van der Waals surface area contributed by atoms with E-state index in [2.05, 4.69) is 25.5 Å². The molecular weight excluding hydrogens is 456 g/mol. The molecule has 0 bridgehead atoms. The number of aromatic nitrogens is 4. The van der Waals surface area contributed by atoms with Crippen LogP contribution in [0.4, 0.5) is 5.95 Å². The van der Waals surface area contributed by atoms with Gasteiger partial charge in [0, 0.05) is 25.2 Å². The molecule has 2 aromatic heterocycles. The third kappa shape index (κ3) is 4.45. The molecule has 3 heterocycles. The summed E-state index contributed by atoms with van der Waals surface area (Å²) in [5.74, 6) is 0.620. The van der Waals surface area contributed by atoms with Crippen LogP contribution in [0.3, 0.4) is 0 Å². The molecule has 1 amide bonds. The second-order valence-corrected chi connectivity index (χ2v) is 9.43. The third-order valence-corrected chi connectivity index (χ3v) is 7.59. The normalized spacial score (nSPS) is 15.4. The van der Waals surface area contributed by atoms with Gasteiger partial charge in [-0.3, -0.25) is 15.2 Å². The minimum absolute atomic E-state index is 0.0332. The van der Waals surface area contributed by atoms with Crippen LogP contribution < -0.4 is 10.1 Å². The lowest BCUT2D eigenvalue weighted by Gasteiger charge is -2.30. The lowest BCUT2D eigenvalue weighted by atomic mass is 9.97. The van der Waals surface area contributed by atoms with Crippen molar-refractivity contribution >= 4 is 33.5 Å². The van der Waals surface area contributed by atoms with Crippen LogP contribution in [0.2, 0.25) is 5.15 Å². The maximum atomic E-state index is 12.8. The first-order chi connectivity index (χ1) is 15.4. The van der Waals surface area contributed by atoms with E-state index < -0.39 is 10.0 Å². The Hall–Kier alpha value is -3.02. The van der Waals surface area contributed by atoms with Gasteiger partial charge in [-0.2, -0.15) is 9.29 Å². The van der Waals surface area contributed by atoms with Crippen molar-refractivity contribution in [3.8, 4) is 17.1 Å². The number of carbonyl (C=O) groups is 1. The summed E-state index contributed by atoms with van der Waals surface area (Å²) in [6, 6.07) is 10.3. The van der Waals surface area contributed by atoms with Crippen molar-refractivity contribution in [2.24, 2.45) is 5.92 Å². The molecule has 1 fully saturated rings. The fourth-order valence-electron chi connectivity index (χ4n) is 3.55. The highest BCUT2D eigenvalue weighted by Gasteiger charge is 2.33. The van der Waals surface area contributed by atoms with Crippen molar-refractivity contribution in [3.63, 3.8) is 0 Å². The number of pyridine rings is 1. The largest absolute Gasteiger partial charge is 0.496 e. The highest BCUT2D eigenvalue weighted by Crippen LogP contribution is 2.29. The lowest BCUT2D eigenvalue weighted by molar-refractivity contribution is -0.121. The van der Waals surface area contributed by atoms with Crippen molar-refractivity contribution in [1.29, 1.82) is 0 Å². The van der Waals surface area contributed by atoms with Gasteiger partial charge in [-0.05, 0) is 37.1 Å². The number of anilines is 1. The average molecular weight is 477 g/mol. The highest BCUT2D eigenvalue weighted by molar-refractivity contribution is 7.89. The smallest absolute Gasteiger partial charge is 0.249 e. The van der Waals surface area contributed by atoms with E-state index in [1.54, 1.807) is 13.2 Å². The number of ether oxygens (including phenoxy) is 1. The molecule has 0 atom stereocenters. The monoisotopic (exact) mass is 476 g/mol. The van der Waals surface area contributed by atoms with Gasteiger partial charge in [-0.25, -0.2) is 13.4 Å². The zero-order valence-corrected chi connectivity index (χ0v) is 18.7. The Bertz CT molecular complexity index is 1220. The Morgan fingerprint density at radius 3 is 2.69 bits per heavy atom. The standard InChI is InChI=1S/C20H21ClN6O4S/c1-31-15-6-3-2-5-14(15)18-23-20(26-25-18)24-19(28)13-8-11-27(12-9-13)32(29,30)16-7-4-10-22-17(16)21/h2-7,10,13H,8-9,11-12H2,1H3,(H2,23,24,25,26,28). The molecule has 1 aliphatic rings. The van der Waals surface area contributed by atoms with Gasteiger partial charge >= 0.3 is 0 Å². The van der Waals surface area contributed by atoms with Crippen LogP contribution in [0.1, 0.15) is 12.8 Å². The van der Waals surface area contributed by atoms with Crippen LogP contribution in [0.5, 0.6) is 5.75 Å². The SMILES string of the molecule is COc1ccccc1-c1nc(NC(=O)C2CCN(S(=O)(=O)c3cccnc3Cl)CC2)n[nH]1. The Balaban J connectivity index is 1.38. The van der Waals surface area contributed by atoms with Gasteiger partial charge in [0.1, 0.15) is 15.8 Å². The minimum atomic E-state index is -3.77. The molecule has 168 valence electrons. The van der Waals surface area contributed by atoms with Crippen LogP contribution in [0.25, 0.3) is 11.4 Å². The first kappa shape index (κ1) is 22.2. The molecule has 1 saturated heterocycles. The number of methoxy groups -OCH3 is 1. The molecule has 1 aliphatic heterocycles. The van der Waals surface area contributed by atoms with Gasteiger partial charge in [0.15, 0.2) is 5.82 Å². The summed E-state index contributed by atoms with van der Waals surface area (Å²) in [5.41, 5.74) is 0.718. The molecule has 10 nitrogen and oxygen atoms in total. The van der Waals surface area contributed by atoms with Gasteiger partial charge in [0.05, 0.1) is 12.7 Å². The van der Waals surface area contributed by atoms with Crippen molar-refractivity contribution in [1.82, 2.24) is 24.5 Å². The number of benzene rings is 1. The van der Waals surface area contributed by atoms with Crippen molar-refractivity contribution in [3.05, 3.63) is 47.7 Å². The molecule has 0 spiro atoms. The second-order valence-electron chi connectivity index (χ2n) is 7.17. The number of sulfonamides is 1. The van der Waals surface area contributed by atoms with Crippen LogP contribution in [0.15, 0.2) is 47.5 Å². The quantitative estimate of drug-likeness (QED) is 0.523. The first-order valence-electron chi connectivity index (χ1n) is 9.87. The van der Waals surface area contributed by atoms with E-state index in [0.29, 0.717) is 24.4 Å². The number of rotatable bonds is 6. The number of hydrogen-bond donors (Lipinski definition) is 2. The van der Waals surface area contributed by atoms with Crippen molar-refractivity contribution < 1.29 is 17.9 Å². The number of nitrogens with zero attached hydrogens (tertiary/aromatic N) is 4. The fourth-order valence-corrected chi connectivity index (χ4v) is 5.45. The minimum Gasteiger partial charge on any atom is -0.496 e. The molecule has 0 unspecified atom stereocenters. The topological polar surface area (TPSA) is 130 Å². The van der Waals surface area contributed by atoms with Gasteiger partial charge in [0.25, 0.3) is 0 Å². The number of piperidine rings is 1. The molecule has 0 saturated carbocycles. The molecule has 0 aliphatic carbocycles. The number of aromatic amines is 1.